The summed E-state index contributed by atoms with van der Waals surface area (Å²) in [5, 5.41) is 6.94. The Balaban J connectivity index is 0.00000220. The van der Waals surface area contributed by atoms with Crippen molar-refractivity contribution < 1.29 is 0 Å². The molecule has 0 aromatic carbocycles. The van der Waals surface area contributed by atoms with Crippen molar-refractivity contribution in [2.24, 2.45) is 4.99 Å². The maximum Gasteiger partial charge on any atom is 0.191 e. The number of hydrogen-bond donors (Lipinski definition) is 2. The Hall–Kier alpha value is -0.850. The van der Waals surface area contributed by atoms with Crippen molar-refractivity contribution in [2.45, 2.75) is 51.5 Å². The molecule has 1 fully saturated rings. The molecule has 1 aromatic rings. The number of hydrogen-bond acceptors (Lipinski definition) is 2. The Kier molecular flexibility index (Phi) is 8.64. The quantitative estimate of drug-likeness (QED) is 0.463. The van der Waals surface area contributed by atoms with E-state index in [1.807, 2.05) is 19.4 Å². The largest absolute Gasteiger partial charge is 0.356 e. The van der Waals surface area contributed by atoms with Gasteiger partial charge in [-0.2, -0.15) is 0 Å². The molecule has 2 N–H and O–H groups in total. The lowest BCUT2D eigenvalue weighted by Crippen LogP contribution is -2.44. The average Bonchev–Trinajstić information content (AvgIpc) is 2.49. The number of aliphatic imine (C=N–C) groups is 1. The van der Waals surface area contributed by atoms with E-state index in [9.17, 15) is 0 Å². The monoisotopic (exact) mass is 402 g/mol. The summed E-state index contributed by atoms with van der Waals surface area (Å²) >= 11 is 0. The molecule has 2 rings (SSSR count). The van der Waals surface area contributed by atoms with Crippen LogP contribution in [0.25, 0.3) is 0 Å². The van der Waals surface area contributed by atoms with Crippen LogP contribution in [-0.4, -0.2) is 30.6 Å². The van der Waals surface area contributed by atoms with Crippen molar-refractivity contribution in [1.29, 1.82) is 0 Å². The first-order chi connectivity index (χ1) is 9.79. The number of nitrogens with zero attached hydrogens (tertiary/aromatic N) is 2. The van der Waals surface area contributed by atoms with E-state index in [-0.39, 0.29) is 24.0 Å². The van der Waals surface area contributed by atoms with Crippen LogP contribution < -0.4 is 10.6 Å². The minimum Gasteiger partial charge on any atom is -0.356 e. The molecule has 0 unspecified atom stereocenters. The van der Waals surface area contributed by atoms with Gasteiger partial charge in [0.2, 0.25) is 0 Å². The number of aryl methyl sites for hydroxylation is 1. The summed E-state index contributed by atoms with van der Waals surface area (Å²) < 4.78 is 0. The van der Waals surface area contributed by atoms with E-state index in [1.54, 1.807) is 0 Å². The molecular weight excluding hydrogens is 375 g/mol. The molecule has 21 heavy (non-hydrogen) atoms. The lowest BCUT2D eigenvalue weighted by molar-refractivity contribution is 0.410. The Morgan fingerprint density at radius 2 is 2.10 bits per heavy atom. The van der Waals surface area contributed by atoms with Crippen molar-refractivity contribution >= 4 is 29.9 Å². The highest BCUT2D eigenvalue weighted by Gasteiger charge is 2.14. The Bertz CT molecular complexity index is 442. The van der Waals surface area contributed by atoms with E-state index in [0.29, 0.717) is 6.04 Å². The zero-order valence-corrected chi connectivity index (χ0v) is 15.4. The summed E-state index contributed by atoms with van der Waals surface area (Å²) in [6, 6.07) is 2.69. The van der Waals surface area contributed by atoms with E-state index >= 15 is 0 Å². The molecule has 0 saturated heterocycles. The van der Waals surface area contributed by atoms with Gasteiger partial charge in [0.1, 0.15) is 0 Å². The van der Waals surface area contributed by atoms with E-state index in [2.05, 4.69) is 33.6 Å². The second-order valence-electron chi connectivity index (χ2n) is 5.53. The smallest absolute Gasteiger partial charge is 0.191 e. The maximum atomic E-state index is 4.32. The van der Waals surface area contributed by atoms with Gasteiger partial charge >= 0.3 is 0 Å². The molecule has 1 heterocycles. The molecule has 0 aliphatic heterocycles. The van der Waals surface area contributed by atoms with Crippen LogP contribution in [0.3, 0.4) is 0 Å². The summed E-state index contributed by atoms with van der Waals surface area (Å²) in [4.78, 5) is 8.44. The van der Waals surface area contributed by atoms with Crippen molar-refractivity contribution in [3.63, 3.8) is 0 Å². The Morgan fingerprint density at radius 1 is 1.33 bits per heavy atom. The lowest BCUT2D eigenvalue weighted by atomic mass is 9.96. The normalized spacial score (nSPS) is 16.2. The fourth-order valence-corrected chi connectivity index (χ4v) is 2.73. The van der Waals surface area contributed by atoms with E-state index in [0.717, 1.165) is 18.9 Å². The number of rotatable bonds is 4. The molecule has 1 saturated carbocycles. The molecule has 1 aliphatic rings. The summed E-state index contributed by atoms with van der Waals surface area (Å²) in [5.74, 6) is 0.934. The van der Waals surface area contributed by atoms with Gasteiger partial charge in [-0.25, -0.2) is 0 Å². The van der Waals surface area contributed by atoms with Crippen molar-refractivity contribution in [1.82, 2.24) is 15.6 Å². The van der Waals surface area contributed by atoms with Crippen LogP contribution >= 0.6 is 24.0 Å². The standard InChI is InChI=1S/C16H26N4.HI/c1-13-12-18-10-8-14(13)9-11-19-16(17-2)20-15-6-4-3-5-7-15;/h8,10,12,15H,3-7,9,11H2,1-2H3,(H2,17,19,20);1H. The average molecular weight is 402 g/mol. The molecule has 118 valence electrons. The van der Waals surface area contributed by atoms with Crippen LogP contribution in [0.4, 0.5) is 0 Å². The summed E-state index contributed by atoms with van der Waals surface area (Å²) in [7, 11) is 1.84. The van der Waals surface area contributed by atoms with Gasteiger partial charge in [0, 0.05) is 32.0 Å². The van der Waals surface area contributed by atoms with Gasteiger partial charge in [-0.3, -0.25) is 9.98 Å². The molecule has 0 atom stereocenters. The second kappa shape index (κ2) is 9.97. The maximum absolute atomic E-state index is 4.32. The number of guanidine groups is 1. The first-order valence-electron chi connectivity index (χ1n) is 7.66. The third-order valence-electron chi connectivity index (χ3n) is 3.99. The Labute approximate surface area is 145 Å². The molecule has 0 bridgehead atoms. The molecule has 0 amide bonds. The van der Waals surface area contributed by atoms with Crippen LogP contribution in [0.2, 0.25) is 0 Å². The van der Waals surface area contributed by atoms with Crippen molar-refractivity contribution in [2.75, 3.05) is 13.6 Å². The summed E-state index contributed by atoms with van der Waals surface area (Å²) in [6.45, 7) is 3.01. The molecule has 1 aliphatic carbocycles. The van der Waals surface area contributed by atoms with E-state index in [1.165, 1.54) is 43.2 Å². The molecular formula is C16H27IN4. The fraction of sp³-hybridized carbons (Fsp3) is 0.625. The number of nitrogens with one attached hydrogen (secondary N) is 2. The minimum absolute atomic E-state index is 0. The minimum atomic E-state index is 0. The number of aromatic nitrogens is 1. The molecule has 1 aromatic heterocycles. The molecule has 0 spiro atoms. The van der Waals surface area contributed by atoms with Crippen LogP contribution in [0.15, 0.2) is 23.5 Å². The van der Waals surface area contributed by atoms with Gasteiger partial charge < -0.3 is 10.6 Å². The third kappa shape index (κ3) is 6.20. The second-order valence-corrected chi connectivity index (χ2v) is 5.53. The van der Waals surface area contributed by atoms with Crippen LogP contribution in [0, 0.1) is 6.92 Å². The van der Waals surface area contributed by atoms with Gasteiger partial charge in [-0.15, -0.1) is 24.0 Å². The summed E-state index contributed by atoms with van der Waals surface area (Å²) in [5.41, 5.74) is 2.60. The van der Waals surface area contributed by atoms with Crippen LogP contribution in [-0.2, 0) is 6.42 Å². The first kappa shape index (κ1) is 18.2. The zero-order valence-electron chi connectivity index (χ0n) is 13.1. The highest BCUT2D eigenvalue weighted by Crippen LogP contribution is 2.17. The third-order valence-corrected chi connectivity index (χ3v) is 3.99. The van der Waals surface area contributed by atoms with Crippen LogP contribution in [0.5, 0.6) is 0 Å². The first-order valence-corrected chi connectivity index (χ1v) is 7.66. The highest BCUT2D eigenvalue weighted by atomic mass is 127. The van der Waals surface area contributed by atoms with Crippen LogP contribution in [0.1, 0.15) is 43.2 Å². The van der Waals surface area contributed by atoms with Gasteiger partial charge in [-0.05, 0) is 43.4 Å². The van der Waals surface area contributed by atoms with Crippen molar-refractivity contribution in [3.05, 3.63) is 29.6 Å². The van der Waals surface area contributed by atoms with E-state index in [4.69, 9.17) is 0 Å². The predicted molar refractivity (Wildman–Crippen MR) is 99.5 cm³/mol. The molecule has 0 radical (unpaired) electrons. The SMILES string of the molecule is CN=C(NCCc1ccncc1C)NC1CCCCC1.I. The fourth-order valence-electron chi connectivity index (χ4n) is 2.73. The van der Waals surface area contributed by atoms with Gasteiger partial charge in [0.05, 0.1) is 0 Å². The summed E-state index contributed by atoms with van der Waals surface area (Å²) in [6.07, 6.45) is 11.4. The van der Waals surface area contributed by atoms with Gasteiger partial charge in [-0.1, -0.05) is 19.3 Å². The van der Waals surface area contributed by atoms with Gasteiger partial charge in [0.25, 0.3) is 0 Å². The highest BCUT2D eigenvalue weighted by molar-refractivity contribution is 14.0. The lowest BCUT2D eigenvalue weighted by Gasteiger charge is -2.24. The topological polar surface area (TPSA) is 49.3 Å². The number of halogens is 1. The molecule has 5 heteroatoms. The Morgan fingerprint density at radius 3 is 2.76 bits per heavy atom. The van der Waals surface area contributed by atoms with E-state index < -0.39 is 0 Å². The molecule has 4 nitrogen and oxygen atoms in total. The number of pyridine rings is 1. The van der Waals surface area contributed by atoms with Crippen molar-refractivity contribution in [3.8, 4) is 0 Å². The predicted octanol–water partition coefficient (Wildman–Crippen LogP) is 3.05. The zero-order chi connectivity index (χ0) is 14.2. The van der Waals surface area contributed by atoms with Gasteiger partial charge in [0.15, 0.2) is 5.96 Å².